The molecule has 2 aliphatic heterocycles. The van der Waals surface area contributed by atoms with Gasteiger partial charge in [0.2, 0.25) is 0 Å². The summed E-state index contributed by atoms with van der Waals surface area (Å²) in [6.45, 7) is 3.00. The van der Waals surface area contributed by atoms with Crippen molar-refractivity contribution < 1.29 is 4.74 Å². The predicted molar refractivity (Wildman–Crippen MR) is 89.7 cm³/mol. The van der Waals surface area contributed by atoms with E-state index < -0.39 is 0 Å². The molecule has 1 spiro atoms. The third-order valence-electron chi connectivity index (χ3n) is 4.43. The van der Waals surface area contributed by atoms with Gasteiger partial charge < -0.3 is 10.5 Å². The number of benzene rings is 1. The maximum absolute atomic E-state index is 6.21. The van der Waals surface area contributed by atoms with Crippen LogP contribution in [0.3, 0.4) is 0 Å². The lowest BCUT2D eigenvalue weighted by atomic mass is 9.88. The summed E-state index contributed by atoms with van der Waals surface area (Å²) < 4.78 is 6.17. The summed E-state index contributed by atoms with van der Waals surface area (Å²) in [4.78, 5) is 1.25. The third kappa shape index (κ3) is 3.12. The van der Waals surface area contributed by atoms with Gasteiger partial charge in [0.25, 0.3) is 0 Å². The Morgan fingerprint density at radius 2 is 2.15 bits per heavy atom. The van der Waals surface area contributed by atoms with Crippen LogP contribution in [0.5, 0.6) is 0 Å². The number of para-hydroxylation sites is 1. The van der Waals surface area contributed by atoms with Crippen molar-refractivity contribution in [3.8, 4) is 0 Å². The topological polar surface area (TPSA) is 35.2 Å². The number of hydrogen-bond donors (Lipinski definition) is 1. The largest absolute Gasteiger partial charge is 0.398 e. The molecule has 1 atom stereocenters. The van der Waals surface area contributed by atoms with Crippen LogP contribution >= 0.6 is 23.5 Å². The Hall–Kier alpha value is -0.320. The predicted octanol–water partition coefficient (Wildman–Crippen LogP) is 4.11. The highest BCUT2D eigenvalue weighted by Gasteiger charge is 2.39. The molecule has 20 heavy (non-hydrogen) atoms. The molecule has 1 aromatic rings. The lowest BCUT2D eigenvalue weighted by molar-refractivity contribution is -0.0804. The molecule has 4 heteroatoms. The smallest absolute Gasteiger partial charge is 0.0709 e. The fraction of sp³-hybridized carbons (Fsp3) is 0.625. The molecule has 0 amide bonds. The van der Waals surface area contributed by atoms with E-state index in [4.69, 9.17) is 10.5 Å². The van der Waals surface area contributed by atoms with Gasteiger partial charge in [-0.3, -0.25) is 0 Å². The van der Waals surface area contributed by atoms with Crippen LogP contribution in [-0.2, 0) is 4.74 Å². The number of rotatable bonds is 2. The molecule has 2 aliphatic rings. The fourth-order valence-corrected chi connectivity index (χ4v) is 5.75. The Labute approximate surface area is 130 Å². The second-order valence-electron chi connectivity index (χ2n) is 5.86. The molecular formula is C16H23NOS2. The zero-order valence-electron chi connectivity index (χ0n) is 12.1. The average Bonchev–Trinajstić information content (AvgIpc) is 2.45. The number of aryl methyl sites for hydroxylation is 1. The van der Waals surface area contributed by atoms with Gasteiger partial charge in [-0.25, -0.2) is 0 Å². The lowest BCUT2D eigenvalue weighted by Gasteiger charge is -2.43. The Morgan fingerprint density at radius 1 is 1.35 bits per heavy atom. The van der Waals surface area contributed by atoms with Crippen LogP contribution in [0.4, 0.5) is 5.69 Å². The molecule has 0 saturated carbocycles. The van der Waals surface area contributed by atoms with Crippen LogP contribution in [0.2, 0.25) is 0 Å². The number of nitrogen functional groups attached to an aromatic ring is 1. The van der Waals surface area contributed by atoms with Gasteiger partial charge in [-0.2, -0.15) is 11.8 Å². The third-order valence-corrected chi connectivity index (χ3v) is 6.76. The summed E-state index contributed by atoms with van der Waals surface area (Å²) in [5.74, 6) is 2.51. The SMILES string of the molecule is Cc1cccc(SC2CCOC3(CCSCC3)C2)c1N. The van der Waals surface area contributed by atoms with Crippen molar-refractivity contribution >= 4 is 29.2 Å². The van der Waals surface area contributed by atoms with Gasteiger partial charge in [0.15, 0.2) is 0 Å². The molecule has 2 heterocycles. The Balaban J connectivity index is 1.69. The van der Waals surface area contributed by atoms with Crippen LogP contribution in [0, 0.1) is 6.92 Å². The molecule has 0 radical (unpaired) electrons. The Morgan fingerprint density at radius 3 is 2.95 bits per heavy atom. The van der Waals surface area contributed by atoms with Crippen LogP contribution in [0.1, 0.15) is 31.2 Å². The van der Waals surface area contributed by atoms with Crippen LogP contribution in [-0.4, -0.2) is 29.0 Å². The van der Waals surface area contributed by atoms with Crippen molar-refractivity contribution in [2.24, 2.45) is 0 Å². The number of hydrogen-bond acceptors (Lipinski definition) is 4. The first-order valence-electron chi connectivity index (χ1n) is 7.42. The zero-order valence-corrected chi connectivity index (χ0v) is 13.7. The van der Waals surface area contributed by atoms with E-state index in [1.54, 1.807) is 0 Å². The highest BCUT2D eigenvalue weighted by atomic mass is 32.2. The van der Waals surface area contributed by atoms with E-state index >= 15 is 0 Å². The van der Waals surface area contributed by atoms with Crippen molar-refractivity contribution in [3.05, 3.63) is 23.8 Å². The molecule has 2 fully saturated rings. The second kappa shape index (κ2) is 6.20. The summed E-state index contributed by atoms with van der Waals surface area (Å²) in [5.41, 5.74) is 8.52. The van der Waals surface area contributed by atoms with Crippen molar-refractivity contribution in [3.63, 3.8) is 0 Å². The Kier molecular flexibility index (Phi) is 4.53. The maximum atomic E-state index is 6.21. The molecule has 2 saturated heterocycles. The molecule has 1 unspecified atom stereocenters. The standard InChI is InChI=1S/C16H23NOS2/c1-12-3-2-4-14(15(12)17)20-13-5-8-18-16(11-13)6-9-19-10-7-16/h2-4,13H,5-11,17H2,1H3. The van der Waals surface area contributed by atoms with Gasteiger partial charge in [-0.15, -0.1) is 11.8 Å². The monoisotopic (exact) mass is 309 g/mol. The van der Waals surface area contributed by atoms with E-state index in [-0.39, 0.29) is 5.60 Å². The van der Waals surface area contributed by atoms with E-state index in [1.165, 1.54) is 41.2 Å². The maximum Gasteiger partial charge on any atom is 0.0709 e. The van der Waals surface area contributed by atoms with E-state index in [9.17, 15) is 0 Å². The summed E-state index contributed by atoms with van der Waals surface area (Å²) in [7, 11) is 0. The van der Waals surface area contributed by atoms with Crippen LogP contribution in [0.25, 0.3) is 0 Å². The van der Waals surface area contributed by atoms with Crippen LogP contribution in [0.15, 0.2) is 23.1 Å². The van der Waals surface area contributed by atoms with Crippen molar-refractivity contribution in [1.29, 1.82) is 0 Å². The molecule has 110 valence electrons. The van der Waals surface area contributed by atoms with E-state index in [0.29, 0.717) is 5.25 Å². The first-order chi connectivity index (χ1) is 9.69. The summed E-state index contributed by atoms with van der Waals surface area (Å²) in [6.07, 6.45) is 4.77. The number of ether oxygens (including phenoxy) is 1. The van der Waals surface area contributed by atoms with Gasteiger partial charge in [-0.1, -0.05) is 12.1 Å². The number of nitrogens with two attached hydrogens (primary N) is 1. The summed E-state index contributed by atoms with van der Waals surface area (Å²) >= 11 is 4.03. The Bertz CT molecular complexity index is 466. The minimum absolute atomic E-state index is 0.166. The number of thioether (sulfide) groups is 2. The van der Waals surface area contributed by atoms with Crippen LogP contribution < -0.4 is 5.73 Å². The molecule has 2 nitrogen and oxygen atoms in total. The minimum atomic E-state index is 0.166. The van der Waals surface area contributed by atoms with E-state index in [2.05, 4.69) is 36.9 Å². The minimum Gasteiger partial charge on any atom is -0.398 e. The molecule has 3 rings (SSSR count). The fourth-order valence-electron chi connectivity index (χ4n) is 3.11. The first-order valence-corrected chi connectivity index (χ1v) is 9.45. The molecule has 1 aromatic carbocycles. The van der Waals surface area contributed by atoms with E-state index in [1.807, 2.05) is 11.8 Å². The van der Waals surface area contributed by atoms with E-state index in [0.717, 1.165) is 18.7 Å². The van der Waals surface area contributed by atoms with Crippen molar-refractivity contribution in [1.82, 2.24) is 0 Å². The lowest BCUT2D eigenvalue weighted by Crippen LogP contribution is -2.43. The van der Waals surface area contributed by atoms with Gasteiger partial charge in [0, 0.05) is 22.4 Å². The first kappa shape index (κ1) is 14.6. The highest BCUT2D eigenvalue weighted by Crippen LogP contribution is 2.43. The molecule has 0 aliphatic carbocycles. The number of anilines is 1. The quantitative estimate of drug-likeness (QED) is 0.834. The normalized spacial score (nSPS) is 25.8. The highest BCUT2D eigenvalue weighted by molar-refractivity contribution is 8.00. The second-order valence-corrected chi connectivity index (χ2v) is 8.43. The van der Waals surface area contributed by atoms with Gasteiger partial charge in [0.05, 0.1) is 5.60 Å². The average molecular weight is 310 g/mol. The van der Waals surface area contributed by atoms with Crippen molar-refractivity contribution in [2.45, 2.75) is 48.4 Å². The zero-order chi connectivity index (χ0) is 14.0. The molecule has 2 N–H and O–H groups in total. The molecule has 0 aromatic heterocycles. The summed E-state index contributed by atoms with van der Waals surface area (Å²) in [5, 5.41) is 0.649. The molecular weight excluding hydrogens is 286 g/mol. The van der Waals surface area contributed by atoms with Gasteiger partial charge in [-0.05, 0) is 55.7 Å². The molecule has 0 bridgehead atoms. The van der Waals surface area contributed by atoms with Gasteiger partial charge >= 0.3 is 0 Å². The summed E-state index contributed by atoms with van der Waals surface area (Å²) in [6, 6.07) is 6.36. The van der Waals surface area contributed by atoms with Crippen molar-refractivity contribution in [2.75, 3.05) is 23.8 Å². The van der Waals surface area contributed by atoms with Gasteiger partial charge in [0.1, 0.15) is 0 Å².